The second-order valence-corrected chi connectivity index (χ2v) is 5.86. The molecule has 0 aliphatic carbocycles. The Morgan fingerprint density at radius 1 is 1.14 bits per heavy atom. The summed E-state index contributed by atoms with van der Waals surface area (Å²) >= 11 is 3.39. The van der Waals surface area contributed by atoms with Crippen molar-refractivity contribution in [2.45, 2.75) is 19.5 Å². The molecule has 5 heteroatoms. The summed E-state index contributed by atoms with van der Waals surface area (Å²) in [4.78, 5) is 11.9. The molecule has 0 saturated carbocycles. The first kappa shape index (κ1) is 16.4. The molecule has 1 unspecified atom stereocenters. The van der Waals surface area contributed by atoms with Crippen molar-refractivity contribution in [2.75, 3.05) is 7.11 Å². The van der Waals surface area contributed by atoms with Crippen LogP contribution in [0.1, 0.15) is 24.1 Å². The monoisotopic (exact) mass is 362 g/mol. The van der Waals surface area contributed by atoms with Crippen molar-refractivity contribution in [3.05, 3.63) is 64.1 Å². The molecule has 22 heavy (non-hydrogen) atoms. The summed E-state index contributed by atoms with van der Waals surface area (Å²) in [5.74, 6) is 0.802. The van der Waals surface area contributed by atoms with E-state index < -0.39 is 0 Å². The SMILES string of the molecule is COc1ccc(C(C)NC(=O)NCc2ccc(Br)cc2)cc1. The van der Waals surface area contributed by atoms with Gasteiger partial charge in [0.2, 0.25) is 0 Å². The van der Waals surface area contributed by atoms with Crippen LogP contribution in [-0.2, 0) is 6.54 Å². The second-order valence-electron chi connectivity index (χ2n) is 4.95. The number of nitrogens with one attached hydrogen (secondary N) is 2. The zero-order valence-electron chi connectivity index (χ0n) is 12.6. The van der Waals surface area contributed by atoms with Gasteiger partial charge in [0, 0.05) is 11.0 Å². The van der Waals surface area contributed by atoms with E-state index in [0.29, 0.717) is 6.54 Å². The maximum absolute atomic E-state index is 11.9. The van der Waals surface area contributed by atoms with Crippen LogP contribution >= 0.6 is 15.9 Å². The van der Waals surface area contributed by atoms with Crippen LogP contribution in [0.15, 0.2) is 53.0 Å². The fourth-order valence-corrected chi connectivity index (χ4v) is 2.27. The first-order chi connectivity index (χ1) is 10.6. The fourth-order valence-electron chi connectivity index (χ4n) is 2.01. The van der Waals surface area contributed by atoms with E-state index in [9.17, 15) is 4.79 Å². The summed E-state index contributed by atoms with van der Waals surface area (Å²) in [6.07, 6.45) is 0. The molecule has 2 aromatic rings. The van der Waals surface area contributed by atoms with Gasteiger partial charge < -0.3 is 15.4 Å². The van der Waals surface area contributed by atoms with E-state index in [1.165, 1.54) is 0 Å². The number of ether oxygens (including phenoxy) is 1. The molecule has 0 radical (unpaired) electrons. The number of methoxy groups -OCH3 is 1. The van der Waals surface area contributed by atoms with Crippen LogP contribution in [0.25, 0.3) is 0 Å². The molecule has 2 amide bonds. The summed E-state index contributed by atoms with van der Waals surface area (Å²) < 4.78 is 6.14. The molecule has 1 atom stereocenters. The highest BCUT2D eigenvalue weighted by atomic mass is 79.9. The summed E-state index contributed by atoms with van der Waals surface area (Å²) in [5, 5.41) is 5.77. The number of carbonyl (C=O) groups is 1. The van der Waals surface area contributed by atoms with Gasteiger partial charge in [0.05, 0.1) is 13.2 Å². The average molecular weight is 363 g/mol. The largest absolute Gasteiger partial charge is 0.497 e. The molecule has 0 bridgehead atoms. The molecule has 116 valence electrons. The van der Waals surface area contributed by atoms with Gasteiger partial charge in [-0.2, -0.15) is 0 Å². The van der Waals surface area contributed by atoms with Gasteiger partial charge in [0.25, 0.3) is 0 Å². The minimum Gasteiger partial charge on any atom is -0.497 e. The second kappa shape index (κ2) is 7.84. The lowest BCUT2D eigenvalue weighted by atomic mass is 10.1. The quantitative estimate of drug-likeness (QED) is 0.843. The minimum atomic E-state index is -0.189. The standard InChI is InChI=1S/C17H19BrN2O2/c1-12(14-5-9-16(22-2)10-6-14)20-17(21)19-11-13-3-7-15(18)8-4-13/h3-10,12H,11H2,1-2H3,(H2,19,20,21). The van der Waals surface area contributed by atoms with E-state index in [0.717, 1.165) is 21.3 Å². The van der Waals surface area contributed by atoms with E-state index in [-0.39, 0.29) is 12.1 Å². The van der Waals surface area contributed by atoms with Crippen LogP contribution in [0.3, 0.4) is 0 Å². The summed E-state index contributed by atoms with van der Waals surface area (Å²) in [6, 6.07) is 15.2. The van der Waals surface area contributed by atoms with Crippen LogP contribution < -0.4 is 15.4 Å². The number of carbonyl (C=O) groups excluding carboxylic acids is 1. The lowest BCUT2D eigenvalue weighted by molar-refractivity contribution is 0.237. The number of rotatable bonds is 5. The van der Waals surface area contributed by atoms with E-state index in [1.807, 2.05) is 55.5 Å². The highest BCUT2D eigenvalue weighted by Crippen LogP contribution is 2.17. The van der Waals surface area contributed by atoms with E-state index in [4.69, 9.17) is 4.74 Å². The predicted octanol–water partition coefficient (Wildman–Crippen LogP) is 4.02. The Labute approximate surface area is 139 Å². The average Bonchev–Trinajstić information content (AvgIpc) is 2.54. The molecule has 0 aliphatic rings. The third-order valence-electron chi connectivity index (χ3n) is 3.33. The number of amides is 2. The zero-order chi connectivity index (χ0) is 15.9. The number of hydrogen-bond donors (Lipinski definition) is 2. The van der Waals surface area contributed by atoms with Gasteiger partial charge in [-0.25, -0.2) is 4.79 Å². The van der Waals surface area contributed by atoms with Crippen LogP contribution in [0.2, 0.25) is 0 Å². The number of halogens is 1. The van der Waals surface area contributed by atoms with Crippen molar-refractivity contribution < 1.29 is 9.53 Å². The van der Waals surface area contributed by atoms with Gasteiger partial charge in [0.15, 0.2) is 0 Å². The van der Waals surface area contributed by atoms with E-state index >= 15 is 0 Å². The van der Waals surface area contributed by atoms with E-state index in [1.54, 1.807) is 7.11 Å². The number of hydrogen-bond acceptors (Lipinski definition) is 2. The third-order valence-corrected chi connectivity index (χ3v) is 3.86. The molecule has 0 aromatic heterocycles. The molecular formula is C17H19BrN2O2. The Kier molecular flexibility index (Phi) is 5.83. The topological polar surface area (TPSA) is 50.4 Å². The Morgan fingerprint density at radius 2 is 1.77 bits per heavy atom. The third kappa shape index (κ3) is 4.77. The Morgan fingerprint density at radius 3 is 2.36 bits per heavy atom. The molecule has 2 aromatic carbocycles. The van der Waals surface area contributed by atoms with E-state index in [2.05, 4.69) is 26.6 Å². The zero-order valence-corrected chi connectivity index (χ0v) is 14.2. The summed E-state index contributed by atoms with van der Waals surface area (Å²) in [6.45, 7) is 2.44. The van der Waals surface area contributed by atoms with Gasteiger partial charge >= 0.3 is 6.03 Å². The van der Waals surface area contributed by atoms with Gasteiger partial charge in [0.1, 0.15) is 5.75 Å². The van der Waals surface area contributed by atoms with Gasteiger partial charge in [-0.1, -0.05) is 40.2 Å². The van der Waals surface area contributed by atoms with Crippen LogP contribution in [-0.4, -0.2) is 13.1 Å². The molecule has 2 rings (SSSR count). The first-order valence-electron chi connectivity index (χ1n) is 7.01. The first-order valence-corrected chi connectivity index (χ1v) is 7.80. The summed E-state index contributed by atoms with van der Waals surface area (Å²) in [7, 11) is 1.63. The van der Waals surface area contributed by atoms with Gasteiger partial charge in [-0.05, 0) is 42.3 Å². The van der Waals surface area contributed by atoms with Crippen LogP contribution in [0.5, 0.6) is 5.75 Å². The number of urea groups is 1. The fraction of sp³-hybridized carbons (Fsp3) is 0.235. The Balaban J connectivity index is 1.83. The molecule has 0 fully saturated rings. The molecular weight excluding hydrogens is 344 g/mol. The molecule has 0 saturated heterocycles. The molecule has 0 aliphatic heterocycles. The van der Waals surface area contributed by atoms with Crippen LogP contribution in [0.4, 0.5) is 4.79 Å². The normalized spacial score (nSPS) is 11.6. The maximum Gasteiger partial charge on any atom is 0.315 e. The highest BCUT2D eigenvalue weighted by Gasteiger charge is 2.09. The summed E-state index contributed by atoms with van der Waals surface area (Å²) in [5.41, 5.74) is 2.08. The van der Waals surface area contributed by atoms with Crippen molar-refractivity contribution in [1.29, 1.82) is 0 Å². The molecule has 0 heterocycles. The van der Waals surface area contributed by atoms with Crippen molar-refractivity contribution in [2.24, 2.45) is 0 Å². The lowest BCUT2D eigenvalue weighted by Gasteiger charge is -2.15. The Hall–Kier alpha value is -2.01. The Bertz CT molecular complexity index is 612. The van der Waals surface area contributed by atoms with Crippen molar-refractivity contribution in [3.8, 4) is 5.75 Å². The minimum absolute atomic E-state index is 0.0733. The van der Waals surface area contributed by atoms with Crippen molar-refractivity contribution >= 4 is 22.0 Å². The lowest BCUT2D eigenvalue weighted by Crippen LogP contribution is -2.36. The van der Waals surface area contributed by atoms with Crippen molar-refractivity contribution in [1.82, 2.24) is 10.6 Å². The predicted molar refractivity (Wildman–Crippen MR) is 90.9 cm³/mol. The highest BCUT2D eigenvalue weighted by molar-refractivity contribution is 9.10. The smallest absolute Gasteiger partial charge is 0.315 e. The van der Waals surface area contributed by atoms with Crippen LogP contribution in [0, 0.1) is 0 Å². The van der Waals surface area contributed by atoms with Crippen molar-refractivity contribution in [3.63, 3.8) is 0 Å². The molecule has 0 spiro atoms. The van der Waals surface area contributed by atoms with Gasteiger partial charge in [-0.3, -0.25) is 0 Å². The molecule has 2 N–H and O–H groups in total. The van der Waals surface area contributed by atoms with Gasteiger partial charge in [-0.15, -0.1) is 0 Å². The molecule has 4 nitrogen and oxygen atoms in total. The number of benzene rings is 2. The maximum atomic E-state index is 11.9.